The smallest absolute Gasteiger partial charge is 0.265 e. The molecule has 2 aromatic rings. The van der Waals surface area contributed by atoms with Gasteiger partial charge in [-0.1, -0.05) is 0 Å². The van der Waals surface area contributed by atoms with Crippen molar-refractivity contribution < 1.29 is 27.5 Å². The molecule has 2 heterocycles. The molecule has 162 valence electrons. The standard InChI is InChI=1S/C19H24N4O6S/c1-21-12-16(11-17(21)18(20)24)30(26,27)23-6-4-22(5-7-23)19(25)13-8-14(28-2)10-15(9-13)29-3/h8-12H,4-7H2,1-3H3,(H2,20,24). The third-order valence-corrected chi connectivity index (χ3v) is 6.86. The van der Waals surface area contributed by atoms with Crippen LogP contribution in [-0.2, 0) is 17.1 Å². The van der Waals surface area contributed by atoms with E-state index in [4.69, 9.17) is 15.2 Å². The van der Waals surface area contributed by atoms with Crippen molar-refractivity contribution >= 4 is 21.8 Å². The average Bonchev–Trinajstić information content (AvgIpc) is 3.15. The Labute approximate surface area is 174 Å². The zero-order valence-electron chi connectivity index (χ0n) is 17.0. The lowest BCUT2D eigenvalue weighted by Gasteiger charge is -2.34. The molecule has 0 saturated carbocycles. The van der Waals surface area contributed by atoms with E-state index in [1.807, 2.05) is 0 Å². The van der Waals surface area contributed by atoms with Gasteiger partial charge in [0, 0.05) is 51.1 Å². The SMILES string of the molecule is COc1cc(OC)cc(C(=O)N2CCN(S(=O)(=O)c3cc(C(N)=O)n(C)c3)CC2)c1. The van der Waals surface area contributed by atoms with Crippen LogP contribution in [0, 0.1) is 0 Å². The number of benzene rings is 1. The summed E-state index contributed by atoms with van der Waals surface area (Å²) in [5.74, 6) is 0.0459. The van der Waals surface area contributed by atoms with Gasteiger partial charge in [-0.05, 0) is 18.2 Å². The van der Waals surface area contributed by atoms with E-state index in [1.54, 1.807) is 30.1 Å². The maximum atomic E-state index is 12.9. The largest absolute Gasteiger partial charge is 0.497 e. The average molecular weight is 436 g/mol. The summed E-state index contributed by atoms with van der Waals surface area (Å²) < 4.78 is 38.9. The van der Waals surface area contributed by atoms with Crippen molar-refractivity contribution in [2.75, 3.05) is 40.4 Å². The second kappa shape index (κ2) is 8.36. The van der Waals surface area contributed by atoms with Gasteiger partial charge < -0.3 is 24.7 Å². The molecule has 1 aromatic heterocycles. The maximum absolute atomic E-state index is 12.9. The number of aromatic nitrogens is 1. The number of primary amides is 1. The molecular weight excluding hydrogens is 412 g/mol. The van der Waals surface area contributed by atoms with Gasteiger partial charge in [-0.15, -0.1) is 0 Å². The minimum Gasteiger partial charge on any atom is -0.497 e. The van der Waals surface area contributed by atoms with Crippen molar-refractivity contribution in [2.45, 2.75) is 4.90 Å². The molecular formula is C19H24N4O6S. The number of nitrogens with two attached hydrogens (primary N) is 1. The molecule has 10 nitrogen and oxygen atoms in total. The zero-order valence-corrected chi connectivity index (χ0v) is 17.8. The predicted molar refractivity (Wildman–Crippen MR) is 108 cm³/mol. The van der Waals surface area contributed by atoms with Gasteiger partial charge in [0.25, 0.3) is 11.8 Å². The van der Waals surface area contributed by atoms with E-state index in [9.17, 15) is 18.0 Å². The number of methoxy groups -OCH3 is 2. The first-order valence-corrected chi connectivity index (χ1v) is 10.6. The summed E-state index contributed by atoms with van der Waals surface area (Å²) in [6, 6.07) is 6.16. The summed E-state index contributed by atoms with van der Waals surface area (Å²) in [7, 11) is 0.748. The number of sulfonamides is 1. The summed E-state index contributed by atoms with van der Waals surface area (Å²) >= 11 is 0. The fourth-order valence-corrected chi connectivity index (χ4v) is 4.81. The van der Waals surface area contributed by atoms with Gasteiger partial charge in [0.15, 0.2) is 0 Å². The van der Waals surface area contributed by atoms with Crippen molar-refractivity contribution in [3.63, 3.8) is 0 Å². The van der Waals surface area contributed by atoms with Crippen molar-refractivity contribution in [1.82, 2.24) is 13.8 Å². The molecule has 2 amide bonds. The summed E-state index contributed by atoms with van der Waals surface area (Å²) in [6.45, 7) is 0.728. The van der Waals surface area contributed by atoms with E-state index in [1.165, 1.54) is 35.4 Å². The Morgan fingerprint density at radius 1 is 0.967 bits per heavy atom. The Hall–Kier alpha value is -3.05. The molecule has 11 heteroatoms. The molecule has 1 saturated heterocycles. The number of aryl methyl sites for hydroxylation is 1. The van der Waals surface area contributed by atoms with Crippen molar-refractivity contribution in [1.29, 1.82) is 0 Å². The van der Waals surface area contributed by atoms with Gasteiger partial charge in [-0.2, -0.15) is 4.31 Å². The molecule has 1 fully saturated rings. The number of ether oxygens (including phenoxy) is 2. The molecule has 2 N–H and O–H groups in total. The molecule has 0 spiro atoms. The molecule has 0 radical (unpaired) electrons. The van der Waals surface area contributed by atoms with Crippen LogP contribution < -0.4 is 15.2 Å². The molecule has 0 atom stereocenters. The number of hydrogen-bond donors (Lipinski definition) is 1. The van der Waals surface area contributed by atoms with Crippen LogP contribution in [0.2, 0.25) is 0 Å². The van der Waals surface area contributed by atoms with Crippen molar-refractivity contribution in [2.24, 2.45) is 12.8 Å². The minimum atomic E-state index is -3.81. The summed E-state index contributed by atoms with van der Waals surface area (Å²) in [5.41, 5.74) is 5.77. The van der Waals surface area contributed by atoms with E-state index in [2.05, 4.69) is 0 Å². The van der Waals surface area contributed by atoms with E-state index in [0.717, 1.165) is 0 Å². The molecule has 0 aliphatic carbocycles. The first-order chi connectivity index (χ1) is 14.2. The molecule has 1 aromatic carbocycles. The van der Waals surface area contributed by atoms with Gasteiger partial charge in [0.2, 0.25) is 10.0 Å². The second-order valence-corrected chi connectivity index (χ2v) is 8.77. The highest BCUT2D eigenvalue weighted by Gasteiger charge is 2.32. The summed E-state index contributed by atoms with van der Waals surface area (Å²) in [5, 5.41) is 0. The Morgan fingerprint density at radius 3 is 2.00 bits per heavy atom. The molecule has 1 aliphatic heterocycles. The normalized spacial score (nSPS) is 15.1. The van der Waals surface area contributed by atoms with Gasteiger partial charge in [-0.3, -0.25) is 9.59 Å². The van der Waals surface area contributed by atoms with E-state index < -0.39 is 15.9 Å². The Balaban J connectivity index is 1.73. The highest BCUT2D eigenvalue weighted by molar-refractivity contribution is 7.89. The molecule has 1 aliphatic rings. The number of rotatable bonds is 6. The zero-order chi connectivity index (χ0) is 22.1. The number of amides is 2. The summed E-state index contributed by atoms with van der Waals surface area (Å²) in [4.78, 5) is 25.9. The second-order valence-electron chi connectivity index (χ2n) is 6.83. The number of nitrogens with zero attached hydrogens (tertiary/aromatic N) is 3. The lowest BCUT2D eigenvalue weighted by Crippen LogP contribution is -2.50. The van der Waals surface area contributed by atoms with E-state index in [-0.39, 0.29) is 42.7 Å². The van der Waals surface area contributed by atoms with Crippen LogP contribution >= 0.6 is 0 Å². The molecule has 3 rings (SSSR count). The maximum Gasteiger partial charge on any atom is 0.265 e. The number of hydrogen-bond acceptors (Lipinski definition) is 6. The highest BCUT2D eigenvalue weighted by Crippen LogP contribution is 2.25. The van der Waals surface area contributed by atoms with Gasteiger partial charge in [0.05, 0.1) is 14.2 Å². The van der Waals surface area contributed by atoms with Crippen LogP contribution in [-0.4, -0.2) is 74.4 Å². The van der Waals surface area contributed by atoms with E-state index >= 15 is 0 Å². The van der Waals surface area contributed by atoms with Crippen LogP contribution in [0.5, 0.6) is 11.5 Å². The Bertz CT molecular complexity index is 1050. The number of carbonyl (C=O) groups is 2. The third kappa shape index (κ3) is 4.12. The van der Waals surface area contributed by atoms with Crippen LogP contribution in [0.1, 0.15) is 20.8 Å². The van der Waals surface area contributed by atoms with Crippen LogP contribution in [0.3, 0.4) is 0 Å². The first kappa shape index (κ1) is 21.7. The van der Waals surface area contributed by atoms with Gasteiger partial charge in [-0.25, -0.2) is 8.42 Å². The molecule has 0 unspecified atom stereocenters. The quantitative estimate of drug-likeness (QED) is 0.694. The lowest BCUT2D eigenvalue weighted by atomic mass is 10.1. The lowest BCUT2D eigenvalue weighted by molar-refractivity contribution is 0.0697. The predicted octanol–water partition coefficient (Wildman–Crippen LogP) is 0.288. The number of carbonyl (C=O) groups excluding carboxylic acids is 2. The van der Waals surface area contributed by atoms with Crippen LogP contribution in [0.25, 0.3) is 0 Å². The van der Waals surface area contributed by atoms with E-state index in [0.29, 0.717) is 17.1 Å². The monoisotopic (exact) mass is 436 g/mol. The molecule has 0 bridgehead atoms. The Kier molecular flexibility index (Phi) is 6.04. The Morgan fingerprint density at radius 2 is 1.53 bits per heavy atom. The summed E-state index contributed by atoms with van der Waals surface area (Å²) in [6.07, 6.45) is 1.36. The number of piperazine rings is 1. The van der Waals surface area contributed by atoms with Crippen molar-refractivity contribution in [3.8, 4) is 11.5 Å². The third-order valence-electron chi connectivity index (χ3n) is 4.99. The van der Waals surface area contributed by atoms with Crippen LogP contribution in [0.4, 0.5) is 0 Å². The topological polar surface area (TPSA) is 124 Å². The fourth-order valence-electron chi connectivity index (χ4n) is 3.31. The van der Waals surface area contributed by atoms with Crippen LogP contribution in [0.15, 0.2) is 35.4 Å². The van der Waals surface area contributed by atoms with Gasteiger partial charge in [0.1, 0.15) is 22.1 Å². The first-order valence-electron chi connectivity index (χ1n) is 9.16. The fraction of sp³-hybridized carbons (Fsp3) is 0.368. The van der Waals surface area contributed by atoms with Crippen molar-refractivity contribution in [3.05, 3.63) is 41.7 Å². The minimum absolute atomic E-state index is 0.00360. The highest BCUT2D eigenvalue weighted by atomic mass is 32.2. The van der Waals surface area contributed by atoms with Gasteiger partial charge >= 0.3 is 0 Å². The molecule has 30 heavy (non-hydrogen) atoms.